The van der Waals surface area contributed by atoms with Crippen LogP contribution in [-0.2, 0) is 16.1 Å². The second kappa shape index (κ2) is 9.94. The van der Waals surface area contributed by atoms with Gasteiger partial charge in [0, 0.05) is 19.6 Å². The van der Waals surface area contributed by atoms with Crippen molar-refractivity contribution in [3.8, 4) is 5.75 Å². The Kier molecular flexibility index (Phi) is 7.07. The quantitative estimate of drug-likeness (QED) is 0.812. The van der Waals surface area contributed by atoms with Crippen molar-refractivity contribution in [3.05, 3.63) is 65.7 Å². The number of hydrogen-bond acceptors (Lipinski definition) is 5. The second-order valence-electron chi connectivity index (χ2n) is 6.38. The first-order valence-electron chi connectivity index (χ1n) is 9.16. The number of hydrogen-bond donors (Lipinski definition) is 1. The molecule has 1 heterocycles. The molecule has 1 N–H and O–H groups in total. The number of nitrogens with zero attached hydrogens (tertiary/aromatic N) is 1. The molecule has 1 amide bonds. The molecule has 0 radical (unpaired) electrons. The van der Waals surface area contributed by atoms with E-state index in [1.54, 1.807) is 7.11 Å². The van der Waals surface area contributed by atoms with Crippen LogP contribution in [0.4, 0.5) is 4.79 Å². The summed E-state index contributed by atoms with van der Waals surface area (Å²) in [5.41, 5.74) is 2.06. The molecule has 3 rings (SSSR count). The summed E-state index contributed by atoms with van der Waals surface area (Å²) >= 11 is 0. The first kappa shape index (κ1) is 19.2. The number of amides is 1. The Morgan fingerprint density at radius 3 is 2.67 bits per heavy atom. The van der Waals surface area contributed by atoms with Crippen LogP contribution in [0.1, 0.15) is 17.2 Å². The summed E-state index contributed by atoms with van der Waals surface area (Å²) in [6.45, 7) is 3.75. The van der Waals surface area contributed by atoms with E-state index in [4.69, 9.17) is 14.2 Å². The molecule has 1 saturated heterocycles. The number of ether oxygens (including phenoxy) is 3. The van der Waals surface area contributed by atoms with Crippen molar-refractivity contribution in [2.45, 2.75) is 12.6 Å². The summed E-state index contributed by atoms with van der Waals surface area (Å²) in [5, 5.41) is 2.90. The van der Waals surface area contributed by atoms with E-state index in [9.17, 15) is 4.79 Å². The van der Waals surface area contributed by atoms with Gasteiger partial charge in [-0.25, -0.2) is 4.79 Å². The monoisotopic (exact) mass is 370 g/mol. The van der Waals surface area contributed by atoms with Crippen LogP contribution in [0.3, 0.4) is 0 Å². The fourth-order valence-electron chi connectivity index (χ4n) is 3.15. The number of rotatable bonds is 7. The Morgan fingerprint density at radius 1 is 1.15 bits per heavy atom. The molecule has 144 valence electrons. The summed E-state index contributed by atoms with van der Waals surface area (Å²) in [7, 11) is 1.65. The molecule has 0 aromatic heterocycles. The van der Waals surface area contributed by atoms with Gasteiger partial charge in [0.2, 0.25) is 0 Å². The first-order valence-corrected chi connectivity index (χ1v) is 9.16. The zero-order valence-electron chi connectivity index (χ0n) is 15.6. The second-order valence-corrected chi connectivity index (χ2v) is 6.38. The fraction of sp³-hybridized carbons (Fsp3) is 0.381. The zero-order chi connectivity index (χ0) is 18.9. The Labute approximate surface area is 160 Å². The van der Waals surface area contributed by atoms with Crippen LogP contribution in [0.25, 0.3) is 0 Å². The number of morpholine rings is 1. The normalized spacial score (nSPS) is 15.7. The third kappa shape index (κ3) is 5.70. The molecular formula is C21H26N2O4. The van der Waals surface area contributed by atoms with Gasteiger partial charge in [0.15, 0.2) is 0 Å². The average molecular weight is 370 g/mol. The lowest BCUT2D eigenvalue weighted by molar-refractivity contribution is 0.0159. The van der Waals surface area contributed by atoms with E-state index in [0.29, 0.717) is 19.8 Å². The Balaban J connectivity index is 1.61. The van der Waals surface area contributed by atoms with Gasteiger partial charge in [-0.15, -0.1) is 0 Å². The lowest BCUT2D eigenvalue weighted by Crippen LogP contribution is -2.43. The van der Waals surface area contributed by atoms with Crippen LogP contribution < -0.4 is 10.1 Å². The predicted molar refractivity (Wildman–Crippen MR) is 103 cm³/mol. The van der Waals surface area contributed by atoms with Crippen LogP contribution in [0.2, 0.25) is 0 Å². The third-order valence-electron chi connectivity index (χ3n) is 4.62. The maximum atomic E-state index is 12.2. The van der Waals surface area contributed by atoms with E-state index in [2.05, 4.69) is 16.3 Å². The summed E-state index contributed by atoms with van der Waals surface area (Å²) in [6, 6.07) is 17.6. The van der Waals surface area contributed by atoms with Gasteiger partial charge in [0.05, 0.1) is 26.4 Å². The standard InChI is InChI=1S/C21H26N2O4/c1-25-19-9-5-8-18(14-19)20(23-10-12-26-13-11-23)15-22-21(24)27-16-17-6-3-2-4-7-17/h2-9,14,20H,10-13,15-16H2,1H3,(H,22,24). The molecule has 27 heavy (non-hydrogen) atoms. The smallest absolute Gasteiger partial charge is 0.407 e. The van der Waals surface area contributed by atoms with Gasteiger partial charge in [-0.1, -0.05) is 42.5 Å². The number of alkyl carbamates (subject to hydrolysis) is 1. The number of benzene rings is 2. The number of carbonyl (C=O) groups excluding carboxylic acids is 1. The summed E-state index contributed by atoms with van der Waals surface area (Å²) in [6.07, 6.45) is -0.417. The highest BCUT2D eigenvalue weighted by Crippen LogP contribution is 2.24. The summed E-state index contributed by atoms with van der Waals surface area (Å²) in [5.74, 6) is 0.803. The Morgan fingerprint density at radius 2 is 1.93 bits per heavy atom. The molecule has 1 atom stereocenters. The maximum Gasteiger partial charge on any atom is 0.407 e. The largest absolute Gasteiger partial charge is 0.497 e. The third-order valence-corrected chi connectivity index (χ3v) is 4.62. The van der Waals surface area contributed by atoms with Crippen molar-refractivity contribution in [1.82, 2.24) is 10.2 Å². The Hall–Kier alpha value is -2.57. The van der Waals surface area contributed by atoms with Crippen LogP contribution in [-0.4, -0.2) is 51.0 Å². The van der Waals surface area contributed by atoms with E-state index >= 15 is 0 Å². The topological polar surface area (TPSA) is 60.0 Å². The highest BCUT2D eigenvalue weighted by Gasteiger charge is 2.23. The maximum absolute atomic E-state index is 12.2. The van der Waals surface area contributed by atoms with Crippen molar-refractivity contribution >= 4 is 6.09 Å². The Bertz CT molecular complexity index is 717. The average Bonchev–Trinajstić information content (AvgIpc) is 2.74. The molecule has 2 aromatic carbocycles. The molecule has 6 nitrogen and oxygen atoms in total. The van der Waals surface area contributed by atoms with Crippen LogP contribution in [0.15, 0.2) is 54.6 Å². The summed E-state index contributed by atoms with van der Waals surface area (Å²) < 4.78 is 16.1. The summed E-state index contributed by atoms with van der Waals surface area (Å²) in [4.78, 5) is 14.5. The minimum Gasteiger partial charge on any atom is -0.497 e. The van der Waals surface area contributed by atoms with Crippen molar-refractivity contribution in [3.63, 3.8) is 0 Å². The molecule has 2 aromatic rings. The van der Waals surface area contributed by atoms with Crippen LogP contribution >= 0.6 is 0 Å². The first-order chi connectivity index (χ1) is 13.3. The van der Waals surface area contributed by atoms with Crippen LogP contribution in [0.5, 0.6) is 5.75 Å². The van der Waals surface area contributed by atoms with Crippen molar-refractivity contribution < 1.29 is 19.0 Å². The SMILES string of the molecule is COc1cccc(C(CNC(=O)OCc2ccccc2)N2CCOCC2)c1. The lowest BCUT2D eigenvalue weighted by atomic mass is 10.0. The van der Waals surface area contributed by atoms with Crippen molar-refractivity contribution in [1.29, 1.82) is 0 Å². The minimum atomic E-state index is -0.417. The van der Waals surface area contributed by atoms with Gasteiger partial charge in [-0.2, -0.15) is 0 Å². The van der Waals surface area contributed by atoms with Gasteiger partial charge in [0.25, 0.3) is 0 Å². The molecule has 0 spiro atoms. The molecule has 0 aliphatic carbocycles. The fourth-order valence-corrected chi connectivity index (χ4v) is 3.15. The number of nitrogens with one attached hydrogen (secondary N) is 1. The minimum absolute atomic E-state index is 0.0354. The van der Waals surface area contributed by atoms with Gasteiger partial charge in [-0.3, -0.25) is 4.90 Å². The predicted octanol–water partition coefficient (Wildman–Crippen LogP) is 2.99. The van der Waals surface area contributed by atoms with E-state index in [-0.39, 0.29) is 12.6 Å². The van der Waals surface area contributed by atoms with E-state index < -0.39 is 6.09 Å². The highest BCUT2D eigenvalue weighted by molar-refractivity contribution is 5.67. The molecule has 1 unspecified atom stereocenters. The lowest BCUT2D eigenvalue weighted by Gasteiger charge is -2.34. The van der Waals surface area contributed by atoms with Gasteiger partial charge in [0.1, 0.15) is 12.4 Å². The van der Waals surface area contributed by atoms with Crippen molar-refractivity contribution in [2.75, 3.05) is 40.0 Å². The molecule has 1 fully saturated rings. The van der Waals surface area contributed by atoms with Gasteiger partial charge < -0.3 is 19.5 Å². The molecular weight excluding hydrogens is 344 g/mol. The highest BCUT2D eigenvalue weighted by atomic mass is 16.5. The molecule has 6 heteroatoms. The van der Waals surface area contributed by atoms with Crippen LogP contribution in [0, 0.1) is 0 Å². The van der Waals surface area contributed by atoms with Gasteiger partial charge in [-0.05, 0) is 23.3 Å². The van der Waals surface area contributed by atoms with E-state index in [1.807, 2.05) is 48.5 Å². The number of carbonyl (C=O) groups is 1. The molecule has 0 saturated carbocycles. The molecule has 0 bridgehead atoms. The molecule has 1 aliphatic rings. The van der Waals surface area contributed by atoms with Gasteiger partial charge >= 0.3 is 6.09 Å². The number of methoxy groups -OCH3 is 1. The zero-order valence-corrected chi connectivity index (χ0v) is 15.6. The molecule has 1 aliphatic heterocycles. The van der Waals surface area contributed by atoms with Crippen molar-refractivity contribution in [2.24, 2.45) is 0 Å². The van der Waals surface area contributed by atoms with E-state index in [1.165, 1.54) is 0 Å². The van der Waals surface area contributed by atoms with E-state index in [0.717, 1.165) is 30.0 Å².